The van der Waals surface area contributed by atoms with Crippen LogP contribution in [0.2, 0.25) is 0 Å². The largest absolute Gasteiger partial charge is 0.261 e. The summed E-state index contributed by atoms with van der Waals surface area (Å²) in [6.45, 7) is 3.02. The molecule has 0 atom stereocenters. The fraction of sp³-hybridized carbons (Fsp3) is 0.333. The molecule has 0 aliphatic rings. The molecule has 16 heavy (non-hydrogen) atoms. The first-order valence-corrected chi connectivity index (χ1v) is 8.49. The Hall–Kier alpha value is -0.590. The molecule has 0 fully saturated rings. The number of rotatable bonds is 2. The van der Waals surface area contributed by atoms with Gasteiger partial charge in [0, 0.05) is 16.9 Å². The van der Waals surface area contributed by atoms with E-state index in [2.05, 4.69) is 0 Å². The summed E-state index contributed by atoms with van der Waals surface area (Å²) in [6.07, 6.45) is 1.07. The molecule has 7 heteroatoms. The number of hydrogen-bond acceptors (Lipinski definition) is 4. The van der Waals surface area contributed by atoms with E-state index in [4.69, 9.17) is 10.7 Å². The second kappa shape index (κ2) is 4.01. The molecule has 1 aromatic carbocycles. The standard InChI is InChI=1S/C9H11ClO4S2/c1-6-4-8(15(3,11)12)5-7(2)9(6)16(10,13)14/h4-5H,1-3H3. The lowest BCUT2D eigenvalue weighted by molar-refractivity contribution is 0.599. The Morgan fingerprint density at radius 2 is 1.38 bits per heavy atom. The third kappa shape index (κ3) is 2.75. The Labute approximate surface area is 99.6 Å². The highest BCUT2D eigenvalue weighted by Crippen LogP contribution is 2.26. The zero-order valence-electron chi connectivity index (χ0n) is 8.98. The number of halogens is 1. The Bertz CT molecular complexity index is 606. The summed E-state index contributed by atoms with van der Waals surface area (Å²) in [7, 11) is -1.94. The molecule has 0 saturated heterocycles. The van der Waals surface area contributed by atoms with Gasteiger partial charge in [-0.25, -0.2) is 16.8 Å². The van der Waals surface area contributed by atoms with Crippen LogP contribution in [0.15, 0.2) is 21.9 Å². The lowest BCUT2D eigenvalue weighted by Crippen LogP contribution is -2.03. The van der Waals surface area contributed by atoms with Crippen molar-refractivity contribution in [2.75, 3.05) is 6.26 Å². The van der Waals surface area contributed by atoms with Crippen LogP contribution >= 0.6 is 10.7 Å². The summed E-state index contributed by atoms with van der Waals surface area (Å²) in [5.41, 5.74) is 0.658. The van der Waals surface area contributed by atoms with Gasteiger partial charge in [0.2, 0.25) is 0 Å². The Balaban J connectivity index is 3.66. The molecule has 0 amide bonds. The highest BCUT2D eigenvalue weighted by atomic mass is 35.7. The summed E-state index contributed by atoms with van der Waals surface area (Å²) in [4.78, 5) is 0.0631. The third-order valence-corrected chi connectivity index (χ3v) is 4.79. The van der Waals surface area contributed by atoms with Gasteiger partial charge in [-0.05, 0) is 37.1 Å². The number of hydrogen-bond donors (Lipinski definition) is 0. The molecule has 90 valence electrons. The summed E-state index contributed by atoms with van der Waals surface area (Å²) in [5.74, 6) is 0. The van der Waals surface area contributed by atoms with Gasteiger partial charge in [0.15, 0.2) is 9.84 Å². The van der Waals surface area contributed by atoms with E-state index in [9.17, 15) is 16.8 Å². The molecule has 1 aromatic rings. The van der Waals surface area contributed by atoms with Crippen molar-refractivity contribution in [3.05, 3.63) is 23.3 Å². The van der Waals surface area contributed by atoms with E-state index >= 15 is 0 Å². The monoisotopic (exact) mass is 282 g/mol. The molecular formula is C9H11ClO4S2. The van der Waals surface area contributed by atoms with E-state index in [1.165, 1.54) is 26.0 Å². The van der Waals surface area contributed by atoms with Crippen LogP contribution in [-0.4, -0.2) is 23.1 Å². The van der Waals surface area contributed by atoms with Crippen LogP contribution in [0.1, 0.15) is 11.1 Å². The van der Waals surface area contributed by atoms with Crippen molar-refractivity contribution in [3.63, 3.8) is 0 Å². The highest BCUT2D eigenvalue weighted by Gasteiger charge is 2.19. The molecular weight excluding hydrogens is 272 g/mol. The molecule has 0 aliphatic heterocycles. The van der Waals surface area contributed by atoms with Gasteiger partial charge < -0.3 is 0 Å². The average molecular weight is 283 g/mol. The Morgan fingerprint density at radius 1 is 1.00 bits per heavy atom. The van der Waals surface area contributed by atoms with Crippen molar-refractivity contribution < 1.29 is 16.8 Å². The first-order chi connectivity index (χ1) is 7.03. The average Bonchev–Trinajstić information content (AvgIpc) is 1.97. The van der Waals surface area contributed by atoms with Gasteiger partial charge in [0.1, 0.15) is 0 Å². The summed E-state index contributed by atoms with van der Waals surface area (Å²) < 4.78 is 45.1. The zero-order valence-corrected chi connectivity index (χ0v) is 11.4. The van der Waals surface area contributed by atoms with Crippen molar-refractivity contribution in [3.8, 4) is 0 Å². The predicted molar refractivity (Wildman–Crippen MR) is 62.1 cm³/mol. The van der Waals surface area contributed by atoms with Gasteiger partial charge in [-0.2, -0.15) is 0 Å². The maximum absolute atomic E-state index is 11.3. The van der Waals surface area contributed by atoms with Crippen LogP contribution in [0.4, 0.5) is 0 Å². The minimum Gasteiger partial charge on any atom is -0.224 e. The Kier molecular flexibility index (Phi) is 3.38. The van der Waals surface area contributed by atoms with E-state index in [1.54, 1.807) is 0 Å². The summed E-state index contributed by atoms with van der Waals surface area (Å²) in [5, 5.41) is 0. The smallest absolute Gasteiger partial charge is 0.224 e. The maximum atomic E-state index is 11.3. The van der Waals surface area contributed by atoms with Gasteiger partial charge in [-0.15, -0.1) is 0 Å². The normalized spacial score (nSPS) is 12.8. The van der Waals surface area contributed by atoms with E-state index in [-0.39, 0.29) is 9.79 Å². The molecule has 4 nitrogen and oxygen atoms in total. The molecule has 0 spiro atoms. The van der Waals surface area contributed by atoms with Gasteiger partial charge >= 0.3 is 0 Å². The van der Waals surface area contributed by atoms with Crippen LogP contribution in [-0.2, 0) is 18.9 Å². The van der Waals surface area contributed by atoms with Crippen molar-refractivity contribution in [1.29, 1.82) is 0 Å². The van der Waals surface area contributed by atoms with Gasteiger partial charge in [-0.3, -0.25) is 0 Å². The minimum atomic E-state index is -3.85. The molecule has 0 unspecified atom stereocenters. The fourth-order valence-electron chi connectivity index (χ4n) is 1.51. The van der Waals surface area contributed by atoms with Crippen LogP contribution < -0.4 is 0 Å². The lowest BCUT2D eigenvalue weighted by atomic mass is 10.2. The first kappa shape index (κ1) is 13.5. The molecule has 0 saturated carbocycles. The van der Waals surface area contributed by atoms with Gasteiger partial charge in [0.25, 0.3) is 9.05 Å². The third-order valence-electron chi connectivity index (χ3n) is 2.11. The van der Waals surface area contributed by atoms with Crippen LogP contribution in [0.5, 0.6) is 0 Å². The quantitative estimate of drug-likeness (QED) is 0.773. The van der Waals surface area contributed by atoms with Crippen LogP contribution in [0.25, 0.3) is 0 Å². The van der Waals surface area contributed by atoms with Crippen LogP contribution in [0, 0.1) is 13.8 Å². The van der Waals surface area contributed by atoms with Crippen LogP contribution in [0.3, 0.4) is 0 Å². The van der Waals surface area contributed by atoms with Gasteiger partial charge in [-0.1, -0.05) is 0 Å². The second-order valence-electron chi connectivity index (χ2n) is 3.60. The van der Waals surface area contributed by atoms with E-state index in [0.717, 1.165) is 6.26 Å². The zero-order chi connectivity index (χ0) is 12.7. The van der Waals surface area contributed by atoms with E-state index in [1.807, 2.05) is 0 Å². The molecule has 0 heterocycles. The van der Waals surface area contributed by atoms with Gasteiger partial charge in [0.05, 0.1) is 9.79 Å². The van der Waals surface area contributed by atoms with E-state index in [0.29, 0.717) is 11.1 Å². The molecule has 1 rings (SSSR count). The molecule has 0 N–H and O–H groups in total. The topological polar surface area (TPSA) is 68.3 Å². The number of benzene rings is 1. The molecule has 0 radical (unpaired) electrons. The lowest BCUT2D eigenvalue weighted by Gasteiger charge is -2.08. The van der Waals surface area contributed by atoms with E-state index < -0.39 is 18.9 Å². The highest BCUT2D eigenvalue weighted by molar-refractivity contribution is 8.13. The fourth-order valence-corrected chi connectivity index (χ4v) is 3.91. The molecule has 0 aromatic heterocycles. The Morgan fingerprint density at radius 3 is 1.62 bits per heavy atom. The predicted octanol–water partition coefficient (Wildman–Crippen LogP) is 1.63. The second-order valence-corrected chi connectivity index (χ2v) is 8.11. The minimum absolute atomic E-state index is 0.0263. The number of sulfone groups is 1. The molecule has 0 bridgehead atoms. The van der Waals surface area contributed by atoms with Crippen molar-refractivity contribution in [1.82, 2.24) is 0 Å². The van der Waals surface area contributed by atoms with Crippen molar-refractivity contribution >= 4 is 29.6 Å². The van der Waals surface area contributed by atoms with Crippen molar-refractivity contribution in [2.24, 2.45) is 0 Å². The number of aryl methyl sites for hydroxylation is 2. The summed E-state index contributed by atoms with van der Waals surface area (Å²) in [6, 6.07) is 2.61. The summed E-state index contributed by atoms with van der Waals surface area (Å²) >= 11 is 0. The SMILES string of the molecule is Cc1cc(S(C)(=O)=O)cc(C)c1S(=O)(=O)Cl. The molecule has 0 aliphatic carbocycles. The first-order valence-electron chi connectivity index (χ1n) is 4.29. The maximum Gasteiger partial charge on any atom is 0.261 e. The van der Waals surface area contributed by atoms with Crippen molar-refractivity contribution in [2.45, 2.75) is 23.6 Å².